The Hall–Kier alpha value is -1.37. The molecule has 0 radical (unpaired) electrons. The second kappa shape index (κ2) is 9.98. The third-order valence-electron chi connectivity index (χ3n) is 7.76. The Balaban J connectivity index is 3.58. The molecule has 5 unspecified atom stereocenters. The molecule has 12 heteroatoms. The zero-order valence-electron chi connectivity index (χ0n) is 23.0. The molecule has 1 fully saturated rings. The van der Waals surface area contributed by atoms with Crippen molar-refractivity contribution in [1.82, 2.24) is 0 Å². The zero-order chi connectivity index (χ0) is 29.8. The van der Waals surface area contributed by atoms with E-state index in [4.69, 9.17) is 14.2 Å². The molecule has 1 aliphatic rings. The first-order valence-electron chi connectivity index (χ1n) is 11.9. The SMILES string of the molecule is C=C(C)C(=O)OC(C)C1CC1(C(C)(C)OC(C)C(C)(C)O)C(C)(C)OC(C)C(O)(C(F)(F)F)C(F)(F)F. The predicted molar refractivity (Wildman–Crippen MR) is 124 cm³/mol. The second-order valence-corrected chi connectivity index (χ2v) is 11.6. The van der Waals surface area contributed by atoms with Crippen LogP contribution in [0, 0.1) is 11.3 Å². The van der Waals surface area contributed by atoms with Crippen molar-refractivity contribution in [2.45, 2.75) is 129 Å². The summed E-state index contributed by atoms with van der Waals surface area (Å²) in [4.78, 5) is 12.1. The van der Waals surface area contributed by atoms with E-state index in [1.807, 2.05) is 0 Å². The predicted octanol–water partition coefficient (Wildman–Crippen LogP) is 5.49. The Bertz CT molecular complexity index is 843. The molecule has 0 spiro atoms. The van der Waals surface area contributed by atoms with Gasteiger partial charge in [0.15, 0.2) is 0 Å². The van der Waals surface area contributed by atoms with E-state index in [-0.39, 0.29) is 12.0 Å². The summed E-state index contributed by atoms with van der Waals surface area (Å²) in [5.74, 6) is -1.33. The van der Waals surface area contributed by atoms with Crippen molar-refractivity contribution in [2.24, 2.45) is 11.3 Å². The normalized spacial score (nSPS) is 24.3. The highest BCUT2D eigenvalue weighted by atomic mass is 19.4. The third-order valence-corrected chi connectivity index (χ3v) is 7.76. The van der Waals surface area contributed by atoms with Gasteiger partial charge in [-0.2, -0.15) is 26.3 Å². The summed E-state index contributed by atoms with van der Waals surface area (Å²) in [6.07, 6.45) is -16.4. The third kappa shape index (κ3) is 6.12. The molecule has 0 aromatic carbocycles. The molecule has 37 heavy (non-hydrogen) atoms. The lowest BCUT2D eigenvalue weighted by atomic mass is 9.71. The Morgan fingerprint density at radius 2 is 1.24 bits per heavy atom. The number of halogens is 6. The number of hydrogen-bond donors (Lipinski definition) is 2. The number of hydrogen-bond acceptors (Lipinski definition) is 6. The van der Waals surface area contributed by atoms with Gasteiger partial charge in [-0.1, -0.05) is 6.58 Å². The van der Waals surface area contributed by atoms with E-state index in [1.165, 1.54) is 34.6 Å². The van der Waals surface area contributed by atoms with Gasteiger partial charge in [-0.15, -0.1) is 0 Å². The summed E-state index contributed by atoms with van der Waals surface area (Å²) >= 11 is 0. The fourth-order valence-corrected chi connectivity index (χ4v) is 5.26. The smallest absolute Gasteiger partial charge is 0.428 e. The van der Waals surface area contributed by atoms with Crippen molar-refractivity contribution in [1.29, 1.82) is 0 Å². The Kier molecular flexibility index (Phi) is 9.08. The highest BCUT2D eigenvalue weighted by Gasteiger charge is 2.77. The summed E-state index contributed by atoms with van der Waals surface area (Å²) in [6.45, 7) is 17.3. The Labute approximate surface area is 214 Å². The van der Waals surface area contributed by atoms with Gasteiger partial charge < -0.3 is 24.4 Å². The monoisotopic (exact) mass is 550 g/mol. The van der Waals surface area contributed by atoms with E-state index in [9.17, 15) is 41.4 Å². The maximum atomic E-state index is 13.5. The van der Waals surface area contributed by atoms with Gasteiger partial charge in [0.05, 0.1) is 22.9 Å². The molecule has 5 atom stereocenters. The summed E-state index contributed by atoms with van der Waals surface area (Å²) in [5.41, 5.74) is -10.8. The van der Waals surface area contributed by atoms with Crippen LogP contribution in [0.15, 0.2) is 12.2 Å². The molecule has 0 heterocycles. The molecule has 0 saturated heterocycles. The number of carbonyl (C=O) groups excluding carboxylic acids is 1. The first-order chi connectivity index (χ1) is 16.1. The average Bonchev–Trinajstić information content (AvgIpc) is 3.42. The highest BCUT2D eigenvalue weighted by Crippen LogP contribution is 2.70. The number of alkyl halides is 6. The number of carbonyl (C=O) groups is 1. The average molecular weight is 551 g/mol. The van der Waals surface area contributed by atoms with Crippen LogP contribution < -0.4 is 0 Å². The van der Waals surface area contributed by atoms with Crippen LogP contribution >= 0.6 is 0 Å². The van der Waals surface area contributed by atoms with Crippen molar-refractivity contribution in [2.75, 3.05) is 0 Å². The lowest BCUT2D eigenvalue weighted by Crippen LogP contribution is -2.66. The molecule has 0 bridgehead atoms. The molecule has 0 amide bonds. The fraction of sp³-hybridized carbons (Fsp3) is 0.880. The molecule has 1 rings (SSSR count). The number of aliphatic hydroxyl groups is 2. The largest absolute Gasteiger partial charge is 0.459 e. The number of rotatable bonds is 11. The summed E-state index contributed by atoms with van der Waals surface area (Å²) < 4.78 is 98.2. The Morgan fingerprint density at radius 3 is 1.57 bits per heavy atom. The summed E-state index contributed by atoms with van der Waals surface area (Å²) in [5, 5.41) is 20.3. The second-order valence-electron chi connectivity index (χ2n) is 11.6. The van der Waals surface area contributed by atoms with Crippen molar-refractivity contribution in [3.8, 4) is 0 Å². The maximum Gasteiger partial charge on any atom is 0.428 e. The lowest BCUT2D eigenvalue weighted by molar-refractivity contribution is -0.401. The molecule has 2 N–H and O–H groups in total. The van der Waals surface area contributed by atoms with Crippen molar-refractivity contribution >= 4 is 5.97 Å². The van der Waals surface area contributed by atoms with Gasteiger partial charge in [-0.3, -0.25) is 0 Å². The lowest BCUT2D eigenvalue weighted by Gasteiger charge is -2.50. The first-order valence-corrected chi connectivity index (χ1v) is 11.9. The van der Waals surface area contributed by atoms with Gasteiger partial charge in [0.1, 0.15) is 12.2 Å². The quantitative estimate of drug-likeness (QED) is 0.201. The highest BCUT2D eigenvalue weighted by molar-refractivity contribution is 5.87. The van der Waals surface area contributed by atoms with Gasteiger partial charge in [-0.25, -0.2) is 4.79 Å². The summed E-state index contributed by atoms with van der Waals surface area (Å²) in [7, 11) is 0. The first kappa shape index (κ1) is 33.7. The number of esters is 1. The van der Waals surface area contributed by atoms with Crippen LogP contribution in [-0.2, 0) is 19.0 Å². The molecule has 1 saturated carbocycles. The van der Waals surface area contributed by atoms with E-state index in [1.54, 1.807) is 27.7 Å². The minimum absolute atomic E-state index is 0.105. The molecule has 218 valence electrons. The topological polar surface area (TPSA) is 85.2 Å². The Morgan fingerprint density at radius 1 is 0.865 bits per heavy atom. The van der Waals surface area contributed by atoms with Gasteiger partial charge in [-0.05, 0) is 75.7 Å². The van der Waals surface area contributed by atoms with Crippen LogP contribution in [0.5, 0.6) is 0 Å². The number of ether oxygens (including phenoxy) is 3. The van der Waals surface area contributed by atoms with Crippen molar-refractivity contribution < 1.29 is 55.6 Å². The van der Waals surface area contributed by atoms with Crippen LogP contribution in [0.25, 0.3) is 0 Å². The van der Waals surface area contributed by atoms with Crippen LogP contribution in [0.2, 0.25) is 0 Å². The molecule has 1 aliphatic carbocycles. The summed E-state index contributed by atoms with van der Waals surface area (Å²) in [6, 6.07) is 0. The fourth-order valence-electron chi connectivity index (χ4n) is 5.26. The van der Waals surface area contributed by atoms with Gasteiger partial charge in [0.2, 0.25) is 0 Å². The molecule has 6 nitrogen and oxygen atoms in total. The molecular weight excluding hydrogens is 510 g/mol. The molecular formula is C25H40F6O6. The van der Waals surface area contributed by atoms with E-state index in [0.717, 1.165) is 0 Å². The molecule has 0 aromatic rings. The van der Waals surface area contributed by atoms with E-state index in [0.29, 0.717) is 6.92 Å². The van der Waals surface area contributed by atoms with Gasteiger partial charge in [0, 0.05) is 16.9 Å². The standard InChI is InChI=1S/C25H40F6O6/c1-13(2)18(32)35-14(3)17-12-22(17,20(8,9)36-15(4)19(6,7)33)21(10,11)37-16(5)23(34,24(26,27)28)25(29,30)31/h14-17,33-34H,1,12H2,2-11H3. The van der Waals surface area contributed by atoms with Gasteiger partial charge in [0.25, 0.3) is 5.60 Å². The minimum Gasteiger partial charge on any atom is -0.459 e. The minimum atomic E-state index is -6.08. The van der Waals surface area contributed by atoms with Crippen LogP contribution in [0.3, 0.4) is 0 Å². The molecule has 0 aliphatic heterocycles. The van der Waals surface area contributed by atoms with Crippen LogP contribution in [0.1, 0.15) is 75.7 Å². The van der Waals surface area contributed by atoms with E-state index >= 15 is 0 Å². The van der Waals surface area contributed by atoms with E-state index < -0.39 is 70.4 Å². The zero-order valence-corrected chi connectivity index (χ0v) is 23.0. The van der Waals surface area contributed by atoms with Crippen molar-refractivity contribution in [3.63, 3.8) is 0 Å². The maximum absolute atomic E-state index is 13.5. The van der Waals surface area contributed by atoms with Crippen molar-refractivity contribution in [3.05, 3.63) is 12.2 Å². The van der Waals surface area contributed by atoms with Crippen LogP contribution in [0.4, 0.5) is 26.3 Å². The molecule has 0 aromatic heterocycles. The van der Waals surface area contributed by atoms with Gasteiger partial charge >= 0.3 is 18.3 Å². The van der Waals surface area contributed by atoms with E-state index in [2.05, 4.69) is 6.58 Å². The van der Waals surface area contributed by atoms with Crippen LogP contribution in [-0.4, -0.2) is 69.3 Å².